The third-order valence-electron chi connectivity index (χ3n) is 2.53. The van der Waals surface area contributed by atoms with Crippen molar-refractivity contribution < 1.29 is 4.79 Å². The van der Waals surface area contributed by atoms with E-state index in [0.717, 1.165) is 5.56 Å². The summed E-state index contributed by atoms with van der Waals surface area (Å²) in [4.78, 5) is 15.7. The molecule has 1 heterocycles. The van der Waals surface area contributed by atoms with Crippen molar-refractivity contribution >= 4 is 17.5 Å². The number of pyridine rings is 1. The Bertz CT molecular complexity index is 542. The number of benzene rings is 1. The van der Waals surface area contributed by atoms with Crippen molar-refractivity contribution in [3.63, 3.8) is 0 Å². The van der Waals surface area contributed by atoms with E-state index in [-0.39, 0.29) is 12.5 Å². The lowest BCUT2D eigenvalue weighted by Crippen LogP contribution is -2.29. The second-order valence-corrected chi connectivity index (χ2v) is 4.06. The van der Waals surface area contributed by atoms with Crippen molar-refractivity contribution in [2.45, 2.75) is 6.54 Å². The number of amides is 1. The summed E-state index contributed by atoms with van der Waals surface area (Å²) in [6.45, 7) is 0.689. The predicted molar refractivity (Wildman–Crippen MR) is 75.4 cm³/mol. The summed E-state index contributed by atoms with van der Waals surface area (Å²) in [6, 6.07) is 15.0. The Labute approximate surface area is 111 Å². The minimum absolute atomic E-state index is 0.0897. The van der Waals surface area contributed by atoms with E-state index < -0.39 is 0 Å². The fourth-order valence-corrected chi connectivity index (χ4v) is 1.58. The number of carbonyl (C=O) groups is 1. The molecule has 19 heavy (non-hydrogen) atoms. The Hall–Kier alpha value is -2.56. The van der Waals surface area contributed by atoms with Crippen LogP contribution in [0.3, 0.4) is 0 Å². The van der Waals surface area contributed by atoms with Crippen LogP contribution < -0.4 is 16.4 Å². The third-order valence-corrected chi connectivity index (χ3v) is 2.53. The lowest BCUT2D eigenvalue weighted by Gasteiger charge is -2.07. The zero-order valence-corrected chi connectivity index (χ0v) is 10.5. The summed E-state index contributed by atoms with van der Waals surface area (Å²) >= 11 is 0. The number of nitrogens with one attached hydrogen (secondary N) is 2. The number of nitrogens with zero attached hydrogens (tertiary/aromatic N) is 1. The van der Waals surface area contributed by atoms with E-state index in [1.54, 1.807) is 18.2 Å². The highest BCUT2D eigenvalue weighted by Crippen LogP contribution is 2.04. The van der Waals surface area contributed by atoms with Crippen LogP contribution in [0.1, 0.15) is 5.56 Å². The van der Waals surface area contributed by atoms with Gasteiger partial charge in [0.25, 0.3) is 0 Å². The van der Waals surface area contributed by atoms with Gasteiger partial charge in [-0.15, -0.1) is 0 Å². The minimum Gasteiger partial charge on any atom is -0.384 e. The number of hydrogen-bond acceptors (Lipinski definition) is 4. The molecule has 0 saturated heterocycles. The topological polar surface area (TPSA) is 80.0 Å². The van der Waals surface area contributed by atoms with Crippen molar-refractivity contribution in [2.75, 3.05) is 17.6 Å². The van der Waals surface area contributed by atoms with E-state index in [9.17, 15) is 4.79 Å². The second kappa shape index (κ2) is 6.39. The highest BCUT2D eigenvalue weighted by molar-refractivity contribution is 5.80. The molecule has 0 unspecified atom stereocenters. The van der Waals surface area contributed by atoms with Crippen LogP contribution in [0.5, 0.6) is 0 Å². The Balaban J connectivity index is 1.76. The van der Waals surface area contributed by atoms with Gasteiger partial charge in [0.05, 0.1) is 6.54 Å². The molecule has 5 heteroatoms. The molecule has 1 amide bonds. The van der Waals surface area contributed by atoms with Crippen LogP contribution in [0.4, 0.5) is 11.6 Å². The Morgan fingerprint density at radius 2 is 1.89 bits per heavy atom. The first kappa shape index (κ1) is 12.9. The molecule has 0 spiro atoms. The van der Waals surface area contributed by atoms with Gasteiger partial charge in [-0.3, -0.25) is 4.79 Å². The normalized spacial score (nSPS) is 9.89. The summed E-state index contributed by atoms with van der Waals surface area (Å²) in [6.07, 6.45) is 0. The summed E-state index contributed by atoms with van der Waals surface area (Å²) in [5, 5.41) is 5.74. The molecule has 0 radical (unpaired) electrons. The number of nitrogens with two attached hydrogens (primary N) is 1. The number of hydrogen-bond donors (Lipinski definition) is 3. The van der Waals surface area contributed by atoms with Crippen LogP contribution >= 0.6 is 0 Å². The molecule has 0 bridgehead atoms. The molecule has 2 aromatic rings. The molecule has 0 fully saturated rings. The van der Waals surface area contributed by atoms with Gasteiger partial charge in [0.2, 0.25) is 5.91 Å². The van der Waals surface area contributed by atoms with Gasteiger partial charge < -0.3 is 16.4 Å². The van der Waals surface area contributed by atoms with Gasteiger partial charge in [-0.1, -0.05) is 36.4 Å². The maximum absolute atomic E-state index is 11.6. The van der Waals surface area contributed by atoms with Gasteiger partial charge in [-0.05, 0) is 17.7 Å². The first-order chi connectivity index (χ1) is 9.24. The van der Waals surface area contributed by atoms with Gasteiger partial charge in [-0.25, -0.2) is 4.98 Å². The number of anilines is 2. The minimum atomic E-state index is -0.0897. The van der Waals surface area contributed by atoms with Crippen molar-refractivity contribution in [1.29, 1.82) is 0 Å². The van der Waals surface area contributed by atoms with Crippen LogP contribution in [0.2, 0.25) is 0 Å². The quantitative estimate of drug-likeness (QED) is 0.755. The monoisotopic (exact) mass is 256 g/mol. The van der Waals surface area contributed by atoms with Crippen LogP contribution in [-0.4, -0.2) is 17.4 Å². The molecule has 0 saturated carbocycles. The molecule has 0 aliphatic rings. The van der Waals surface area contributed by atoms with E-state index in [0.29, 0.717) is 18.2 Å². The molecular weight excluding hydrogens is 240 g/mol. The smallest absolute Gasteiger partial charge is 0.239 e. The maximum atomic E-state index is 11.6. The van der Waals surface area contributed by atoms with E-state index in [4.69, 9.17) is 5.73 Å². The SMILES string of the molecule is Nc1cccc(NCC(=O)NCc2ccccc2)n1. The summed E-state index contributed by atoms with van der Waals surface area (Å²) < 4.78 is 0. The molecule has 98 valence electrons. The molecule has 2 rings (SSSR count). The van der Waals surface area contributed by atoms with Crippen LogP contribution in [0.25, 0.3) is 0 Å². The van der Waals surface area contributed by atoms with Crippen molar-refractivity contribution in [3.05, 3.63) is 54.1 Å². The number of carbonyl (C=O) groups excluding carboxylic acids is 1. The van der Waals surface area contributed by atoms with E-state index >= 15 is 0 Å². The highest BCUT2D eigenvalue weighted by atomic mass is 16.1. The lowest BCUT2D eigenvalue weighted by molar-refractivity contribution is -0.119. The summed E-state index contributed by atoms with van der Waals surface area (Å²) in [5.41, 5.74) is 6.62. The molecule has 4 N–H and O–H groups in total. The molecule has 0 aliphatic carbocycles. The molecule has 0 atom stereocenters. The van der Waals surface area contributed by atoms with Gasteiger partial charge in [0.1, 0.15) is 11.6 Å². The van der Waals surface area contributed by atoms with Gasteiger partial charge in [0, 0.05) is 6.54 Å². The van der Waals surface area contributed by atoms with Gasteiger partial charge >= 0.3 is 0 Å². The Morgan fingerprint density at radius 1 is 1.11 bits per heavy atom. The van der Waals surface area contributed by atoms with Crippen LogP contribution in [-0.2, 0) is 11.3 Å². The Morgan fingerprint density at radius 3 is 2.63 bits per heavy atom. The number of rotatable bonds is 5. The van der Waals surface area contributed by atoms with E-state index in [1.165, 1.54) is 0 Å². The van der Waals surface area contributed by atoms with Crippen molar-refractivity contribution in [2.24, 2.45) is 0 Å². The summed E-state index contributed by atoms with van der Waals surface area (Å²) in [5.74, 6) is 0.928. The molecular formula is C14H16N4O. The number of aromatic nitrogens is 1. The first-order valence-electron chi connectivity index (χ1n) is 6.01. The largest absolute Gasteiger partial charge is 0.384 e. The zero-order valence-electron chi connectivity index (χ0n) is 10.5. The van der Waals surface area contributed by atoms with Crippen molar-refractivity contribution in [3.8, 4) is 0 Å². The maximum Gasteiger partial charge on any atom is 0.239 e. The first-order valence-corrected chi connectivity index (χ1v) is 6.01. The van der Waals surface area contributed by atoms with Crippen LogP contribution in [0.15, 0.2) is 48.5 Å². The van der Waals surface area contributed by atoms with Gasteiger partial charge in [0.15, 0.2) is 0 Å². The van der Waals surface area contributed by atoms with Gasteiger partial charge in [-0.2, -0.15) is 0 Å². The lowest BCUT2D eigenvalue weighted by atomic mass is 10.2. The van der Waals surface area contributed by atoms with Crippen molar-refractivity contribution in [1.82, 2.24) is 10.3 Å². The molecule has 1 aromatic carbocycles. The zero-order chi connectivity index (χ0) is 13.5. The predicted octanol–water partition coefficient (Wildman–Crippen LogP) is 1.39. The summed E-state index contributed by atoms with van der Waals surface area (Å²) in [7, 11) is 0. The standard InChI is InChI=1S/C14H16N4O/c15-12-7-4-8-13(18-12)16-10-14(19)17-9-11-5-2-1-3-6-11/h1-8H,9-10H2,(H,17,19)(H3,15,16,18). The number of nitrogen functional groups attached to an aromatic ring is 1. The molecule has 5 nitrogen and oxygen atoms in total. The second-order valence-electron chi connectivity index (χ2n) is 4.06. The third kappa shape index (κ3) is 4.31. The highest BCUT2D eigenvalue weighted by Gasteiger charge is 2.01. The average molecular weight is 256 g/mol. The van der Waals surface area contributed by atoms with E-state index in [1.807, 2.05) is 30.3 Å². The fourth-order valence-electron chi connectivity index (χ4n) is 1.58. The van der Waals surface area contributed by atoms with E-state index in [2.05, 4.69) is 15.6 Å². The van der Waals surface area contributed by atoms with Crippen LogP contribution in [0, 0.1) is 0 Å². The fraction of sp³-hybridized carbons (Fsp3) is 0.143. The average Bonchev–Trinajstić information content (AvgIpc) is 2.44. The molecule has 1 aromatic heterocycles. The Kier molecular flexibility index (Phi) is 4.34. The molecule has 0 aliphatic heterocycles.